The Morgan fingerprint density at radius 2 is 2.16 bits per heavy atom. The second kappa shape index (κ2) is 6.21. The molecule has 0 unspecified atom stereocenters. The van der Waals surface area contributed by atoms with E-state index in [-0.39, 0.29) is 5.91 Å². The van der Waals surface area contributed by atoms with E-state index in [9.17, 15) is 4.79 Å². The van der Waals surface area contributed by atoms with Crippen LogP contribution in [-0.4, -0.2) is 17.4 Å². The number of anilines is 1. The monoisotopic (exact) mass is 338 g/mol. The third-order valence-electron chi connectivity index (χ3n) is 2.85. The van der Waals surface area contributed by atoms with Crippen LogP contribution in [0, 0.1) is 0 Å². The second-order valence-electron chi connectivity index (χ2n) is 4.11. The molecule has 1 heterocycles. The lowest BCUT2D eigenvalue weighted by atomic mass is 10.1. The Hall–Kier alpha value is -1.33. The average Bonchev–Trinajstić information content (AvgIpc) is 2.91. The first-order valence-electron chi connectivity index (χ1n) is 5.99. The SMILES string of the molecule is CCN(Cc1cccs1)C(=O)c1cccc(N)c1Br. The number of nitrogen functional groups attached to an aromatic ring is 1. The molecular formula is C14H15BrN2OS. The summed E-state index contributed by atoms with van der Waals surface area (Å²) in [6.07, 6.45) is 0. The Morgan fingerprint density at radius 3 is 2.79 bits per heavy atom. The third kappa shape index (κ3) is 3.16. The number of hydrogen-bond donors (Lipinski definition) is 1. The smallest absolute Gasteiger partial charge is 0.255 e. The van der Waals surface area contributed by atoms with E-state index in [1.54, 1.807) is 29.5 Å². The van der Waals surface area contributed by atoms with Crippen LogP contribution in [0.1, 0.15) is 22.2 Å². The van der Waals surface area contributed by atoms with Crippen molar-refractivity contribution in [1.82, 2.24) is 4.90 Å². The molecular weight excluding hydrogens is 324 g/mol. The predicted octanol–water partition coefficient (Wildman–Crippen LogP) is 3.76. The number of nitrogens with two attached hydrogens (primary N) is 1. The normalized spacial score (nSPS) is 10.4. The summed E-state index contributed by atoms with van der Waals surface area (Å²) in [5, 5.41) is 2.02. The van der Waals surface area contributed by atoms with Crippen LogP contribution in [0.25, 0.3) is 0 Å². The molecule has 0 aliphatic heterocycles. The first kappa shape index (κ1) is 14.1. The molecule has 0 aliphatic carbocycles. The molecule has 1 aromatic carbocycles. The highest BCUT2D eigenvalue weighted by Crippen LogP contribution is 2.25. The molecule has 5 heteroatoms. The zero-order valence-electron chi connectivity index (χ0n) is 10.6. The van der Waals surface area contributed by atoms with Crippen LogP contribution in [0.2, 0.25) is 0 Å². The summed E-state index contributed by atoms with van der Waals surface area (Å²) >= 11 is 5.04. The van der Waals surface area contributed by atoms with Crippen molar-refractivity contribution in [3.8, 4) is 0 Å². The molecule has 19 heavy (non-hydrogen) atoms. The zero-order chi connectivity index (χ0) is 13.8. The van der Waals surface area contributed by atoms with Crippen molar-refractivity contribution in [1.29, 1.82) is 0 Å². The molecule has 0 saturated carbocycles. The minimum Gasteiger partial charge on any atom is -0.398 e. The van der Waals surface area contributed by atoms with Gasteiger partial charge in [-0.2, -0.15) is 0 Å². The Bertz CT molecular complexity index is 569. The summed E-state index contributed by atoms with van der Waals surface area (Å²) in [5.74, 6) is -0.00456. The molecule has 0 spiro atoms. The highest BCUT2D eigenvalue weighted by molar-refractivity contribution is 9.10. The van der Waals surface area contributed by atoms with Gasteiger partial charge >= 0.3 is 0 Å². The van der Waals surface area contributed by atoms with Crippen LogP contribution in [0.15, 0.2) is 40.2 Å². The summed E-state index contributed by atoms with van der Waals surface area (Å²) in [7, 11) is 0. The molecule has 0 radical (unpaired) electrons. The quantitative estimate of drug-likeness (QED) is 0.863. The molecule has 0 saturated heterocycles. The van der Waals surface area contributed by atoms with Gasteiger partial charge in [-0.25, -0.2) is 0 Å². The molecule has 1 aromatic heterocycles. The summed E-state index contributed by atoms with van der Waals surface area (Å²) in [6, 6.07) is 9.40. The van der Waals surface area contributed by atoms with E-state index < -0.39 is 0 Å². The maximum atomic E-state index is 12.5. The highest BCUT2D eigenvalue weighted by Gasteiger charge is 2.18. The number of amides is 1. The fourth-order valence-corrected chi connectivity index (χ4v) is 2.96. The minimum absolute atomic E-state index is 0.00456. The van der Waals surface area contributed by atoms with Gasteiger partial charge in [0.15, 0.2) is 0 Å². The van der Waals surface area contributed by atoms with E-state index >= 15 is 0 Å². The number of benzene rings is 1. The molecule has 0 fully saturated rings. The molecule has 0 aliphatic rings. The van der Waals surface area contributed by atoms with Gasteiger partial charge in [0.2, 0.25) is 0 Å². The minimum atomic E-state index is -0.00456. The number of thiophene rings is 1. The van der Waals surface area contributed by atoms with Gasteiger partial charge in [0, 0.05) is 17.1 Å². The Labute approximate surface area is 125 Å². The molecule has 3 nitrogen and oxygen atoms in total. The Kier molecular flexibility index (Phi) is 4.61. The maximum absolute atomic E-state index is 12.5. The van der Waals surface area contributed by atoms with Crippen LogP contribution in [0.4, 0.5) is 5.69 Å². The molecule has 2 aromatic rings. The van der Waals surface area contributed by atoms with Crippen molar-refractivity contribution in [2.75, 3.05) is 12.3 Å². The van der Waals surface area contributed by atoms with Gasteiger partial charge in [0.25, 0.3) is 5.91 Å². The number of nitrogens with zero attached hydrogens (tertiary/aromatic N) is 1. The lowest BCUT2D eigenvalue weighted by Gasteiger charge is -2.21. The van der Waals surface area contributed by atoms with Gasteiger partial charge in [0.05, 0.1) is 16.6 Å². The van der Waals surface area contributed by atoms with Gasteiger partial charge in [-0.05, 0) is 46.4 Å². The predicted molar refractivity (Wildman–Crippen MR) is 83.3 cm³/mol. The molecule has 2 N–H and O–H groups in total. The van der Waals surface area contributed by atoms with Crippen molar-refractivity contribution >= 4 is 38.9 Å². The van der Waals surface area contributed by atoms with Crippen molar-refractivity contribution < 1.29 is 4.79 Å². The summed E-state index contributed by atoms with van der Waals surface area (Å²) in [5.41, 5.74) is 7.01. The number of hydrogen-bond acceptors (Lipinski definition) is 3. The average molecular weight is 339 g/mol. The first-order chi connectivity index (χ1) is 9.13. The number of carbonyl (C=O) groups is 1. The van der Waals surface area contributed by atoms with Crippen molar-refractivity contribution in [3.05, 3.63) is 50.6 Å². The second-order valence-corrected chi connectivity index (χ2v) is 5.93. The highest BCUT2D eigenvalue weighted by atomic mass is 79.9. The van der Waals surface area contributed by atoms with Crippen LogP contribution in [0.3, 0.4) is 0 Å². The van der Waals surface area contributed by atoms with Gasteiger partial charge in [-0.15, -0.1) is 11.3 Å². The fraction of sp³-hybridized carbons (Fsp3) is 0.214. The van der Waals surface area contributed by atoms with E-state index in [0.29, 0.717) is 28.8 Å². The van der Waals surface area contributed by atoms with Crippen molar-refractivity contribution in [3.63, 3.8) is 0 Å². The lowest BCUT2D eigenvalue weighted by Crippen LogP contribution is -2.30. The topological polar surface area (TPSA) is 46.3 Å². The van der Waals surface area contributed by atoms with E-state index in [2.05, 4.69) is 15.9 Å². The molecule has 2 rings (SSSR count). The van der Waals surface area contributed by atoms with Crippen LogP contribution < -0.4 is 5.73 Å². The summed E-state index contributed by atoms with van der Waals surface area (Å²) in [4.78, 5) is 15.5. The molecule has 0 atom stereocenters. The van der Waals surface area contributed by atoms with Gasteiger partial charge in [-0.3, -0.25) is 4.79 Å². The van der Waals surface area contributed by atoms with Crippen molar-refractivity contribution in [2.45, 2.75) is 13.5 Å². The van der Waals surface area contributed by atoms with Crippen molar-refractivity contribution in [2.24, 2.45) is 0 Å². The van der Waals surface area contributed by atoms with Gasteiger partial charge in [-0.1, -0.05) is 12.1 Å². The fourth-order valence-electron chi connectivity index (χ4n) is 1.80. The maximum Gasteiger partial charge on any atom is 0.255 e. The number of rotatable bonds is 4. The molecule has 100 valence electrons. The van der Waals surface area contributed by atoms with Gasteiger partial charge in [0.1, 0.15) is 0 Å². The zero-order valence-corrected chi connectivity index (χ0v) is 13.0. The molecule has 0 bridgehead atoms. The van der Waals surface area contributed by atoms with Crippen LogP contribution >= 0.6 is 27.3 Å². The number of carbonyl (C=O) groups excluding carboxylic acids is 1. The van der Waals surface area contributed by atoms with E-state index in [0.717, 1.165) is 0 Å². The van der Waals surface area contributed by atoms with Crippen LogP contribution in [-0.2, 0) is 6.54 Å². The first-order valence-corrected chi connectivity index (χ1v) is 7.66. The van der Waals surface area contributed by atoms with Crippen LogP contribution in [0.5, 0.6) is 0 Å². The number of halogens is 1. The van der Waals surface area contributed by atoms with E-state index in [4.69, 9.17) is 5.73 Å². The largest absolute Gasteiger partial charge is 0.398 e. The Balaban J connectivity index is 2.23. The third-order valence-corrected chi connectivity index (χ3v) is 4.60. The van der Waals surface area contributed by atoms with E-state index in [1.165, 1.54) is 4.88 Å². The summed E-state index contributed by atoms with van der Waals surface area (Å²) in [6.45, 7) is 3.28. The molecule has 1 amide bonds. The lowest BCUT2D eigenvalue weighted by molar-refractivity contribution is 0.0753. The standard InChI is InChI=1S/C14H15BrN2OS/c1-2-17(9-10-5-4-8-19-10)14(18)11-6-3-7-12(16)13(11)15/h3-8H,2,9,16H2,1H3. The van der Waals surface area contributed by atoms with E-state index in [1.807, 2.05) is 29.3 Å². The Morgan fingerprint density at radius 1 is 1.37 bits per heavy atom. The van der Waals surface area contributed by atoms with Gasteiger partial charge < -0.3 is 10.6 Å². The summed E-state index contributed by atoms with van der Waals surface area (Å²) < 4.78 is 0.671.